The van der Waals surface area contributed by atoms with Crippen molar-refractivity contribution in [2.45, 2.75) is 20.0 Å². The molecule has 1 heterocycles. The molecular weight excluding hydrogens is 198 g/mol. The normalized spacial score (nSPS) is 10.4. The van der Waals surface area contributed by atoms with E-state index in [2.05, 4.69) is 11.1 Å². The molecule has 0 atom stereocenters. The molecule has 2 nitrogen and oxygen atoms in total. The van der Waals surface area contributed by atoms with E-state index in [1.165, 1.54) is 0 Å². The minimum atomic E-state index is 0.188. The summed E-state index contributed by atoms with van der Waals surface area (Å²) in [5, 5.41) is 0. The molecule has 0 bridgehead atoms. The quantitative estimate of drug-likeness (QED) is 0.778. The number of nitrogens with zero attached hydrogens (tertiary/aromatic N) is 1. The fraction of sp³-hybridized carbons (Fsp3) is 0.214. The van der Waals surface area contributed by atoms with Crippen molar-refractivity contribution in [3.63, 3.8) is 0 Å². The molecule has 0 saturated heterocycles. The van der Waals surface area contributed by atoms with Crippen molar-refractivity contribution < 1.29 is 4.74 Å². The van der Waals surface area contributed by atoms with Crippen LogP contribution in [0.5, 0.6) is 5.75 Å². The zero-order chi connectivity index (χ0) is 11.4. The van der Waals surface area contributed by atoms with Gasteiger partial charge in [0.25, 0.3) is 0 Å². The molecular formula is C14H14NO. The van der Waals surface area contributed by atoms with E-state index in [9.17, 15) is 0 Å². The zero-order valence-corrected chi connectivity index (χ0v) is 9.47. The molecule has 81 valence electrons. The summed E-state index contributed by atoms with van der Waals surface area (Å²) in [5.74, 6) is 0.876. The van der Waals surface area contributed by atoms with Gasteiger partial charge in [0.05, 0.1) is 6.10 Å². The first kappa shape index (κ1) is 10.7. The average molecular weight is 212 g/mol. The summed E-state index contributed by atoms with van der Waals surface area (Å²) in [4.78, 5) is 4.00. The van der Waals surface area contributed by atoms with Crippen LogP contribution in [0.15, 0.2) is 42.7 Å². The van der Waals surface area contributed by atoms with Crippen molar-refractivity contribution >= 4 is 0 Å². The summed E-state index contributed by atoms with van der Waals surface area (Å²) < 4.78 is 5.64. The fourth-order valence-corrected chi connectivity index (χ4v) is 1.49. The molecule has 0 aliphatic heterocycles. The fourth-order valence-electron chi connectivity index (χ4n) is 1.49. The first-order chi connectivity index (χ1) is 7.75. The first-order valence-electron chi connectivity index (χ1n) is 5.34. The van der Waals surface area contributed by atoms with E-state index in [4.69, 9.17) is 4.74 Å². The van der Waals surface area contributed by atoms with Crippen LogP contribution in [0.4, 0.5) is 0 Å². The van der Waals surface area contributed by atoms with Crippen LogP contribution in [0.25, 0.3) is 11.1 Å². The minimum Gasteiger partial charge on any atom is -0.491 e. The van der Waals surface area contributed by atoms with Crippen LogP contribution in [0.1, 0.15) is 13.8 Å². The van der Waals surface area contributed by atoms with Gasteiger partial charge in [-0.1, -0.05) is 6.07 Å². The maximum Gasteiger partial charge on any atom is 0.120 e. The molecule has 2 aromatic rings. The first-order valence-corrected chi connectivity index (χ1v) is 5.34. The van der Waals surface area contributed by atoms with Crippen LogP contribution < -0.4 is 4.74 Å². The zero-order valence-electron chi connectivity index (χ0n) is 9.47. The third kappa shape index (κ3) is 2.60. The van der Waals surface area contributed by atoms with Gasteiger partial charge in [-0.3, -0.25) is 4.98 Å². The summed E-state index contributed by atoms with van der Waals surface area (Å²) in [6, 6.07) is 12.9. The highest BCUT2D eigenvalue weighted by atomic mass is 16.5. The van der Waals surface area contributed by atoms with Gasteiger partial charge in [0.15, 0.2) is 0 Å². The molecule has 1 aromatic heterocycles. The Morgan fingerprint density at radius 1 is 1.19 bits per heavy atom. The largest absolute Gasteiger partial charge is 0.491 e. The maximum atomic E-state index is 5.64. The van der Waals surface area contributed by atoms with Gasteiger partial charge in [0.1, 0.15) is 5.75 Å². The Morgan fingerprint density at radius 2 is 1.94 bits per heavy atom. The van der Waals surface area contributed by atoms with Gasteiger partial charge in [-0.2, -0.15) is 0 Å². The highest BCUT2D eigenvalue weighted by Crippen LogP contribution is 2.23. The Balaban J connectivity index is 2.29. The van der Waals surface area contributed by atoms with Crippen LogP contribution in [0.2, 0.25) is 0 Å². The van der Waals surface area contributed by atoms with Gasteiger partial charge >= 0.3 is 0 Å². The van der Waals surface area contributed by atoms with E-state index in [0.29, 0.717) is 0 Å². The number of hydrogen-bond donors (Lipinski definition) is 0. The topological polar surface area (TPSA) is 22.1 Å². The Kier molecular flexibility index (Phi) is 3.20. The van der Waals surface area contributed by atoms with Gasteiger partial charge in [0, 0.05) is 12.4 Å². The standard InChI is InChI=1S/C14H14NO/c1-11(2)16-14-5-3-4-13(10-14)12-6-8-15-9-7-12/h3,5-11H,1-2H3. The summed E-state index contributed by atoms with van der Waals surface area (Å²) >= 11 is 0. The summed E-state index contributed by atoms with van der Waals surface area (Å²) in [6.07, 6.45) is 3.74. The average Bonchev–Trinajstić information content (AvgIpc) is 2.30. The van der Waals surface area contributed by atoms with Crippen molar-refractivity contribution in [3.8, 4) is 16.9 Å². The van der Waals surface area contributed by atoms with Crippen LogP contribution in [-0.4, -0.2) is 11.1 Å². The maximum absolute atomic E-state index is 5.64. The Morgan fingerprint density at radius 3 is 2.62 bits per heavy atom. The number of ether oxygens (including phenoxy) is 1. The molecule has 1 radical (unpaired) electrons. The lowest BCUT2D eigenvalue weighted by Gasteiger charge is -2.10. The lowest BCUT2D eigenvalue weighted by Crippen LogP contribution is -2.05. The molecule has 0 N–H and O–H groups in total. The number of rotatable bonds is 3. The highest BCUT2D eigenvalue weighted by Gasteiger charge is 2.01. The van der Waals surface area contributed by atoms with Crippen LogP contribution in [-0.2, 0) is 0 Å². The van der Waals surface area contributed by atoms with Crippen molar-refractivity contribution in [1.82, 2.24) is 4.98 Å². The van der Waals surface area contributed by atoms with Crippen LogP contribution in [0.3, 0.4) is 0 Å². The van der Waals surface area contributed by atoms with Crippen molar-refractivity contribution in [3.05, 3.63) is 48.8 Å². The van der Waals surface area contributed by atoms with E-state index >= 15 is 0 Å². The summed E-state index contributed by atoms with van der Waals surface area (Å²) in [7, 11) is 0. The smallest absolute Gasteiger partial charge is 0.120 e. The van der Waals surface area contributed by atoms with E-state index < -0.39 is 0 Å². The lowest BCUT2D eigenvalue weighted by molar-refractivity contribution is 0.242. The second-order valence-electron chi connectivity index (χ2n) is 3.84. The van der Waals surface area contributed by atoms with Crippen molar-refractivity contribution in [1.29, 1.82) is 0 Å². The molecule has 0 amide bonds. The predicted octanol–water partition coefficient (Wildman–Crippen LogP) is 3.34. The SMILES string of the molecule is CC(C)Oc1cc[c]c(-c2ccncc2)c1. The van der Waals surface area contributed by atoms with Crippen molar-refractivity contribution in [2.24, 2.45) is 0 Å². The molecule has 1 aromatic carbocycles. The van der Waals surface area contributed by atoms with Crippen LogP contribution in [0, 0.1) is 6.07 Å². The van der Waals surface area contributed by atoms with E-state index in [1.54, 1.807) is 12.4 Å². The van der Waals surface area contributed by atoms with Crippen molar-refractivity contribution in [2.75, 3.05) is 0 Å². The Labute approximate surface area is 95.9 Å². The van der Waals surface area contributed by atoms with Crippen LogP contribution >= 0.6 is 0 Å². The minimum absolute atomic E-state index is 0.188. The number of pyridine rings is 1. The van der Waals surface area contributed by atoms with Gasteiger partial charge in [-0.15, -0.1) is 0 Å². The lowest BCUT2D eigenvalue weighted by atomic mass is 10.1. The van der Waals surface area contributed by atoms with Gasteiger partial charge in [-0.25, -0.2) is 0 Å². The molecule has 0 spiro atoms. The predicted molar refractivity (Wildman–Crippen MR) is 64.3 cm³/mol. The highest BCUT2D eigenvalue weighted by molar-refractivity contribution is 5.63. The molecule has 0 aliphatic carbocycles. The Bertz CT molecular complexity index is 451. The molecule has 2 rings (SSSR count). The van der Waals surface area contributed by atoms with Gasteiger partial charge in [0.2, 0.25) is 0 Å². The summed E-state index contributed by atoms with van der Waals surface area (Å²) in [6.45, 7) is 4.03. The molecule has 0 fully saturated rings. The Hall–Kier alpha value is -1.83. The van der Waals surface area contributed by atoms with E-state index in [1.807, 2.05) is 44.2 Å². The summed E-state index contributed by atoms with van der Waals surface area (Å²) in [5.41, 5.74) is 2.13. The number of hydrogen-bond acceptors (Lipinski definition) is 2. The van der Waals surface area contributed by atoms with Gasteiger partial charge in [-0.05, 0) is 55.3 Å². The second kappa shape index (κ2) is 4.79. The van der Waals surface area contributed by atoms with E-state index in [-0.39, 0.29) is 6.10 Å². The molecule has 16 heavy (non-hydrogen) atoms. The van der Waals surface area contributed by atoms with E-state index in [0.717, 1.165) is 16.9 Å². The monoisotopic (exact) mass is 212 g/mol. The number of benzene rings is 1. The number of aromatic nitrogens is 1. The molecule has 2 heteroatoms. The second-order valence-corrected chi connectivity index (χ2v) is 3.84. The third-order valence-electron chi connectivity index (χ3n) is 2.14. The molecule has 0 saturated carbocycles. The molecule has 0 unspecified atom stereocenters. The third-order valence-corrected chi connectivity index (χ3v) is 2.14. The molecule has 0 aliphatic rings. The van der Waals surface area contributed by atoms with Gasteiger partial charge < -0.3 is 4.74 Å².